The molecule has 2 aromatic carbocycles. The van der Waals surface area contributed by atoms with E-state index < -0.39 is 0 Å². The molecule has 0 radical (unpaired) electrons. The highest BCUT2D eigenvalue weighted by Gasteiger charge is 2.09. The van der Waals surface area contributed by atoms with Crippen LogP contribution in [0.4, 0.5) is 0 Å². The minimum atomic E-state index is -0.324. The summed E-state index contributed by atoms with van der Waals surface area (Å²) in [5.41, 5.74) is 1.91. The Balaban J connectivity index is 1.63. The molecule has 0 aliphatic heterocycles. The third kappa shape index (κ3) is 5.47. The first-order valence-electron chi connectivity index (χ1n) is 9.84. The van der Waals surface area contributed by atoms with Gasteiger partial charge in [0.2, 0.25) is 0 Å². The van der Waals surface area contributed by atoms with Crippen LogP contribution in [-0.4, -0.2) is 25.5 Å². The van der Waals surface area contributed by atoms with Gasteiger partial charge >= 0.3 is 5.97 Å². The Bertz CT molecular complexity index is 1010. The molecule has 3 rings (SSSR count). The van der Waals surface area contributed by atoms with Crippen LogP contribution < -0.4 is 4.74 Å². The van der Waals surface area contributed by atoms with E-state index in [0.29, 0.717) is 35.0 Å². The number of carbonyl (C=O) groups is 2. The predicted molar refractivity (Wildman–Crippen MR) is 116 cm³/mol. The maximum absolute atomic E-state index is 12.3. The third-order valence-corrected chi connectivity index (χ3v) is 4.54. The van der Waals surface area contributed by atoms with Gasteiger partial charge in [0, 0.05) is 11.1 Å². The average Bonchev–Trinajstić information content (AvgIpc) is 3.27. The molecule has 0 saturated heterocycles. The molecule has 0 aliphatic carbocycles. The lowest BCUT2D eigenvalue weighted by Gasteiger charge is -2.04. The van der Waals surface area contributed by atoms with Crippen molar-refractivity contribution in [2.45, 2.75) is 19.8 Å². The van der Waals surface area contributed by atoms with Gasteiger partial charge in [-0.2, -0.15) is 0 Å². The van der Waals surface area contributed by atoms with Crippen LogP contribution in [0.15, 0.2) is 71.2 Å². The Labute approximate surface area is 175 Å². The van der Waals surface area contributed by atoms with Gasteiger partial charge in [0.25, 0.3) is 0 Å². The fourth-order valence-corrected chi connectivity index (χ4v) is 2.77. The number of ketones is 1. The Morgan fingerprint density at radius 1 is 0.933 bits per heavy atom. The van der Waals surface area contributed by atoms with Crippen LogP contribution in [0.25, 0.3) is 17.4 Å². The van der Waals surface area contributed by atoms with Gasteiger partial charge in [-0.15, -0.1) is 0 Å². The molecule has 5 nitrogen and oxygen atoms in total. The highest BCUT2D eigenvalue weighted by atomic mass is 16.5. The van der Waals surface area contributed by atoms with E-state index in [1.165, 1.54) is 6.08 Å². The summed E-state index contributed by atoms with van der Waals surface area (Å²) in [7, 11) is 1.58. The van der Waals surface area contributed by atoms with Crippen molar-refractivity contribution in [3.63, 3.8) is 0 Å². The number of hydrogen-bond donors (Lipinski definition) is 0. The monoisotopic (exact) mass is 404 g/mol. The fourth-order valence-electron chi connectivity index (χ4n) is 2.77. The van der Waals surface area contributed by atoms with Crippen molar-refractivity contribution in [3.05, 3.63) is 83.6 Å². The molecule has 0 spiro atoms. The first kappa shape index (κ1) is 21.1. The molecule has 5 heteroatoms. The van der Waals surface area contributed by atoms with Crippen LogP contribution in [0.5, 0.6) is 5.75 Å². The Hall–Kier alpha value is -3.60. The van der Waals surface area contributed by atoms with E-state index in [-0.39, 0.29) is 11.8 Å². The normalized spacial score (nSPS) is 10.9. The largest absolute Gasteiger partial charge is 0.497 e. The summed E-state index contributed by atoms with van der Waals surface area (Å²) in [6, 6.07) is 17.6. The molecule has 0 bridgehead atoms. The van der Waals surface area contributed by atoms with E-state index in [1.807, 2.05) is 25.1 Å². The average molecular weight is 404 g/mol. The minimum absolute atomic E-state index is 0.124. The molecular formula is C25H24O5. The second-order valence-corrected chi connectivity index (χ2v) is 6.69. The summed E-state index contributed by atoms with van der Waals surface area (Å²) in [4.78, 5) is 24.3. The highest BCUT2D eigenvalue weighted by molar-refractivity contribution is 6.06. The molecule has 0 fully saturated rings. The zero-order valence-corrected chi connectivity index (χ0v) is 17.1. The highest BCUT2D eigenvalue weighted by Crippen LogP contribution is 2.24. The molecule has 0 aliphatic rings. The Morgan fingerprint density at radius 3 is 2.30 bits per heavy atom. The lowest BCUT2D eigenvalue weighted by Crippen LogP contribution is -2.05. The Kier molecular flexibility index (Phi) is 7.22. The van der Waals surface area contributed by atoms with Gasteiger partial charge in [-0.1, -0.05) is 25.5 Å². The molecule has 0 saturated carbocycles. The lowest BCUT2D eigenvalue weighted by molar-refractivity contribution is 0.0499. The lowest BCUT2D eigenvalue weighted by atomic mass is 10.1. The second kappa shape index (κ2) is 10.3. The summed E-state index contributed by atoms with van der Waals surface area (Å²) in [5.74, 6) is 1.47. The molecule has 0 atom stereocenters. The van der Waals surface area contributed by atoms with Crippen molar-refractivity contribution in [1.82, 2.24) is 0 Å². The zero-order valence-electron chi connectivity index (χ0n) is 17.1. The molecule has 0 N–H and O–H groups in total. The summed E-state index contributed by atoms with van der Waals surface area (Å²) in [6.07, 6.45) is 4.94. The van der Waals surface area contributed by atoms with Crippen molar-refractivity contribution in [1.29, 1.82) is 0 Å². The van der Waals surface area contributed by atoms with Crippen molar-refractivity contribution >= 4 is 17.8 Å². The smallest absolute Gasteiger partial charge is 0.338 e. The first-order chi connectivity index (χ1) is 14.6. The molecule has 0 unspecified atom stereocenters. The summed E-state index contributed by atoms with van der Waals surface area (Å²) >= 11 is 0. The van der Waals surface area contributed by atoms with Crippen molar-refractivity contribution in [2.24, 2.45) is 0 Å². The van der Waals surface area contributed by atoms with Gasteiger partial charge < -0.3 is 13.9 Å². The van der Waals surface area contributed by atoms with Crippen molar-refractivity contribution in [2.75, 3.05) is 13.7 Å². The maximum atomic E-state index is 12.3. The van der Waals surface area contributed by atoms with E-state index in [2.05, 4.69) is 0 Å². The van der Waals surface area contributed by atoms with E-state index in [1.54, 1.807) is 55.7 Å². The zero-order chi connectivity index (χ0) is 21.3. The maximum Gasteiger partial charge on any atom is 0.338 e. The van der Waals surface area contributed by atoms with Gasteiger partial charge in [0.15, 0.2) is 5.78 Å². The summed E-state index contributed by atoms with van der Waals surface area (Å²) in [6.45, 7) is 2.48. The fraction of sp³-hybridized carbons (Fsp3) is 0.200. The number of furan rings is 1. The van der Waals surface area contributed by atoms with Crippen LogP contribution in [0, 0.1) is 0 Å². The van der Waals surface area contributed by atoms with Gasteiger partial charge in [-0.25, -0.2) is 4.79 Å². The first-order valence-corrected chi connectivity index (χ1v) is 9.84. The van der Waals surface area contributed by atoms with Gasteiger partial charge in [0.05, 0.1) is 19.3 Å². The number of allylic oxidation sites excluding steroid dienone is 1. The number of benzene rings is 2. The summed E-state index contributed by atoms with van der Waals surface area (Å²) < 4.78 is 16.1. The molecule has 0 amide bonds. The van der Waals surface area contributed by atoms with E-state index in [4.69, 9.17) is 13.9 Å². The summed E-state index contributed by atoms with van der Waals surface area (Å²) in [5, 5.41) is 0. The van der Waals surface area contributed by atoms with Crippen molar-refractivity contribution in [3.8, 4) is 17.1 Å². The third-order valence-electron chi connectivity index (χ3n) is 4.54. The second-order valence-electron chi connectivity index (χ2n) is 6.69. The standard InChI is InChI=1S/C25H24O5/c1-3-4-17-29-25(27)20-7-5-19(6-8-20)24-16-14-22(30-24)13-15-23(26)18-9-11-21(28-2)12-10-18/h5-16H,3-4,17H2,1-2H3. The topological polar surface area (TPSA) is 65.7 Å². The number of carbonyl (C=O) groups excluding carboxylic acids is 2. The molecule has 3 aromatic rings. The SMILES string of the molecule is CCCCOC(=O)c1ccc(-c2ccc(C=CC(=O)c3ccc(OC)cc3)o2)cc1. The van der Waals surface area contributed by atoms with Crippen LogP contribution >= 0.6 is 0 Å². The minimum Gasteiger partial charge on any atom is -0.497 e. The van der Waals surface area contributed by atoms with Crippen LogP contribution in [0.1, 0.15) is 46.2 Å². The molecule has 1 aromatic heterocycles. The number of esters is 1. The number of ether oxygens (including phenoxy) is 2. The quantitative estimate of drug-likeness (QED) is 0.195. The van der Waals surface area contributed by atoms with Crippen LogP contribution in [-0.2, 0) is 4.74 Å². The van der Waals surface area contributed by atoms with Gasteiger partial charge in [-0.05, 0) is 67.1 Å². The van der Waals surface area contributed by atoms with E-state index in [9.17, 15) is 9.59 Å². The van der Waals surface area contributed by atoms with E-state index >= 15 is 0 Å². The predicted octanol–water partition coefficient (Wildman–Crippen LogP) is 5.81. The van der Waals surface area contributed by atoms with Crippen LogP contribution in [0.2, 0.25) is 0 Å². The van der Waals surface area contributed by atoms with Crippen molar-refractivity contribution < 1.29 is 23.5 Å². The number of hydrogen-bond acceptors (Lipinski definition) is 5. The number of rotatable bonds is 9. The molecule has 154 valence electrons. The molecular weight excluding hydrogens is 380 g/mol. The Morgan fingerprint density at radius 2 is 1.63 bits per heavy atom. The van der Waals surface area contributed by atoms with Gasteiger partial charge in [-0.3, -0.25) is 4.79 Å². The molecule has 1 heterocycles. The van der Waals surface area contributed by atoms with E-state index in [0.717, 1.165) is 18.4 Å². The number of methoxy groups -OCH3 is 1. The number of unbranched alkanes of at least 4 members (excludes halogenated alkanes) is 1. The van der Waals surface area contributed by atoms with Crippen LogP contribution in [0.3, 0.4) is 0 Å². The van der Waals surface area contributed by atoms with Gasteiger partial charge in [0.1, 0.15) is 17.3 Å². The molecule has 30 heavy (non-hydrogen) atoms.